The molecule has 102 valence electrons. The summed E-state index contributed by atoms with van der Waals surface area (Å²) in [5, 5.41) is 18.0. The van der Waals surface area contributed by atoms with Crippen LogP contribution < -0.4 is 0 Å². The van der Waals surface area contributed by atoms with Crippen LogP contribution in [0.5, 0.6) is 0 Å². The lowest BCUT2D eigenvalue weighted by Crippen LogP contribution is -2.34. The van der Waals surface area contributed by atoms with Gasteiger partial charge in [0.05, 0.1) is 0 Å². The molecule has 2 atom stereocenters. The van der Waals surface area contributed by atoms with Gasteiger partial charge in [-0.05, 0) is 18.8 Å². The second kappa shape index (κ2) is 6.52. The average molecular weight is 256 g/mol. The van der Waals surface area contributed by atoms with E-state index in [1.54, 1.807) is 0 Å². The summed E-state index contributed by atoms with van der Waals surface area (Å²) in [5.41, 5.74) is 0. The highest BCUT2D eigenvalue weighted by Crippen LogP contribution is 2.38. The van der Waals surface area contributed by atoms with E-state index in [1.165, 1.54) is 0 Å². The van der Waals surface area contributed by atoms with Gasteiger partial charge in [0.25, 0.3) is 0 Å². The molecule has 0 aromatic rings. The molecule has 5 heteroatoms. The van der Waals surface area contributed by atoms with Crippen molar-refractivity contribution < 1.29 is 24.6 Å². The molecule has 1 aliphatic carbocycles. The molecule has 1 saturated carbocycles. The molecule has 1 aliphatic rings. The molecule has 0 saturated heterocycles. The summed E-state index contributed by atoms with van der Waals surface area (Å²) < 4.78 is 0. The molecule has 0 amide bonds. The monoisotopic (exact) mass is 256 g/mol. The van der Waals surface area contributed by atoms with Gasteiger partial charge < -0.3 is 10.2 Å². The SMILES string of the molecule is CCCCCC1C(=O)CCC1C(C(=O)O)C(=O)O. The van der Waals surface area contributed by atoms with Crippen LogP contribution in [0.15, 0.2) is 0 Å². The predicted molar refractivity (Wildman–Crippen MR) is 64.1 cm³/mol. The number of carbonyl (C=O) groups excluding carboxylic acids is 1. The van der Waals surface area contributed by atoms with E-state index in [2.05, 4.69) is 0 Å². The summed E-state index contributed by atoms with van der Waals surface area (Å²) in [5.74, 6) is -4.99. The fourth-order valence-electron chi connectivity index (χ4n) is 2.79. The Labute approximate surface area is 106 Å². The van der Waals surface area contributed by atoms with Gasteiger partial charge in [0, 0.05) is 12.3 Å². The lowest BCUT2D eigenvalue weighted by molar-refractivity contribution is -0.158. The van der Waals surface area contributed by atoms with Gasteiger partial charge in [-0.3, -0.25) is 14.4 Å². The number of Topliss-reactive ketones (excluding diaryl/α,β-unsaturated/α-hetero) is 1. The minimum absolute atomic E-state index is 0.0311. The van der Waals surface area contributed by atoms with E-state index in [0.717, 1.165) is 19.3 Å². The Hall–Kier alpha value is -1.39. The van der Waals surface area contributed by atoms with Crippen LogP contribution in [-0.2, 0) is 14.4 Å². The first-order chi connectivity index (χ1) is 8.49. The number of hydrogen-bond acceptors (Lipinski definition) is 3. The quantitative estimate of drug-likeness (QED) is 0.536. The Kier molecular flexibility index (Phi) is 5.31. The zero-order chi connectivity index (χ0) is 13.7. The Balaban J connectivity index is 2.75. The van der Waals surface area contributed by atoms with Gasteiger partial charge in [0.2, 0.25) is 0 Å². The van der Waals surface area contributed by atoms with Gasteiger partial charge >= 0.3 is 11.9 Å². The van der Waals surface area contributed by atoms with E-state index >= 15 is 0 Å². The fraction of sp³-hybridized carbons (Fsp3) is 0.769. The summed E-state index contributed by atoms with van der Waals surface area (Å²) in [6.07, 6.45) is 4.19. The lowest BCUT2D eigenvalue weighted by Gasteiger charge is -2.21. The molecule has 0 spiro atoms. The molecule has 0 radical (unpaired) electrons. The third kappa shape index (κ3) is 3.31. The highest BCUT2D eigenvalue weighted by Gasteiger charge is 2.45. The molecule has 0 aliphatic heterocycles. The van der Waals surface area contributed by atoms with Gasteiger partial charge in [0.1, 0.15) is 5.78 Å². The normalized spacial score (nSPS) is 23.6. The number of aliphatic carboxylic acids is 2. The van der Waals surface area contributed by atoms with E-state index in [1.807, 2.05) is 6.92 Å². The Bertz CT molecular complexity index is 322. The van der Waals surface area contributed by atoms with Crippen LogP contribution in [0.3, 0.4) is 0 Å². The van der Waals surface area contributed by atoms with Crippen molar-refractivity contribution in [2.45, 2.75) is 45.4 Å². The van der Waals surface area contributed by atoms with E-state index in [4.69, 9.17) is 10.2 Å². The molecule has 1 rings (SSSR count). The van der Waals surface area contributed by atoms with Gasteiger partial charge in [-0.15, -0.1) is 0 Å². The number of carboxylic acid groups (broad SMARTS) is 2. The predicted octanol–water partition coefficient (Wildman–Crippen LogP) is 1.95. The van der Waals surface area contributed by atoms with Crippen LogP contribution in [0.1, 0.15) is 45.4 Å². The fourth-order valence-corrected chi connectivity index (χ4v) is 2.79. The lowest BCUT2D eigenvalue weighted by atomic mass is 9.81. The minimum Gasteiger partial charge on any atom is -0.481 e. The Morgan fingerprint density at radius 3 is 2.39 bits per heavy atom. The first-order valence-corrected chi connectivity index (χ1v) is 6.47. The van der Waals surface area contributed by atoms with E-state index in [0.29, 0.717) is 19.3 Å². The van der Waals surface area contributed by atoms with E-state index in [-0.39, 0.29) is 11.7 Å². The minimum atomic E-state index is -1.44. The first kappa shape index (κ1) is 14.7. The summed E-state index contributed by atoms with van der Waals surface area (Å²) in [6.45, 7) is 2.05. The number of unbranched alkanes of at least 4 members (excludes halogenated alkanes) is 2. The maximum absolute atomic E-state index is 11.7. The van der Waals surface area contributed by atoms with Crippen LogP contribution in [0, 0.1) is 17.8 Å². The third-order valence-electron chi connectivity index (χ3n) is 3.73. The molecule has 2 N–H and O–H groups in total. The van der Waals surface area contributed by atoms with Crippen LogP contribution in [0.2, 0.25) is 0 Å². The van der Waals surface area contributed by atoms with Crippen LogP contribution in [-0.4, -0.2) is 27.9 Å². The third-order valence-corrected chi connectivity index (χ3v) is 3.73. The number of carboxylic acids is 2. The highest BCUT2D eigenvalue weighted by molar-refractivity contribution is 5.95. The summed E-state index contributed by atoms with van der Waals surface area (Å²) >= 11 is 0. The second-order valence-corrected chi connectivity index (χ2v) is 4.93. The first-order valence-electron chi connectivity index (χ1n) is 6.47. The van der Waals surface area contributed by atoms with Gasteiger partial charge in [-0.25, -0.2) is 0 Å². The molecular formula is C13H20O5. The van der Waals surface area contributed by atoms with Crippen molar-refractivity contribution in [3.8, 4) is 0 Å². The summed E-state index contributed by atoms with van der Waals surface area (Å²) in [6, 6.07) is 0. The molecule has 1 fully saturated rings. The maximum Gasteiger partial charge on any atom is 0.318 e. The molecule has 0 aromatic carbocycles. The van der Waals surface area contributed by atoms with Crippen molar-refractivity contribution in [3.63, 3.8) is 0 Å². The van der Waals surface area contributed by atoms with Crippen molar-refractivity contribution in [2.75, 3.05) is 0 Å². The van der Waals surface area contributed by atoms with Gasteiger partial charge in [0.15, 0.2) is 5.92 Å². The van der Waals surface area contributed by atoms with Gasteiger partial charge in [-0.2, -0.15) is 0 Å². The number of carbonyl (C=O) groups is 3. The number of hydrogen-bond donors (Lipinski definition) is 2. The topological polar surface area (TPSA) is 91.7 Å². The van der Waals surface area contributed by atoms with Crippen molar-refractivity contribution in [1.82, 2.24) is 0 Å². The molecule has 2 unspecified atom stereocenters. The van der Waals surface area contributed by atoms with Crippen molar-refractivity contribution in [1.29, 1.82) is 0 Å². The van der Waals surface area contributed by atoms with Crippen LogP contribution in [0.4, 0.5) is 0 Å². The van der Waals surface area contributed by atoms with Crippen molar-refractivity contribution >= 4 is 17.7 Å². The molecule has 0 heterocycles. The smallest absolute Gasteiger partial charge is 0.318 e. The van der Waals surface area contributed by atoms with Crippen molar-refractivity contribution in [2.24, 2.45) is 17.8 Å². The highest BCUT2D eigenvalue weighted by atomic mass is 16.4. The van der Waals surface area contributed by atoms with Crippen LogP contribution in [0.25, 0.3) is 0 Å². The standard InChI is InChI=1S/C13H20O5/c1-2-3-4-5-8-9(6-7-10(8)14)11(12(15)16)13(17)18/h8-9,11H,2-7H2,1H3,(H,15,16)(H,17,18). The zero-order valence-electron chi connectivity index (χ0n) is 10.6. The average Bonchev–Trinajstić information content (AvgIpc) is 2.61. The molecule has 5 nitrogen and oxygen atoms in total. The Morgan fingerprint density at radius 1 is 1.28 bits per heavy atom. The number of rotatable bonds is 7. The van der Waals surface area contributed by atoms with Crippen molar-refractivity contribution in [3.05, 3.63) is 0 Å². The summed E-state index contributed by atoms with van der Waals surface area (Å²) in [4.78, 5) is 33.8. The molecule has 18 heavy (non-hydrogen) atoms. The second-order valence-electron chi connectivity index (χ2n) is 4.93. The van der Waals surface area contributed by atoms with Gasteiger partial charge in [-0.1, -0.05) is 26.2 Å². The number of ketones is 1. The molecule has 0 bridgehead atoms. The molecular weight excluding hydrogens is 236 g/mol. The summed E-state index contributed by atoms with van der Waals surface area (Å²) in [7, 11) is 0. The van der Waals surface area contributed by atoms with Crippen LogP contribution >= 0.6 is 0 Å². The maximum atomic E-state index is 11.7. The van der Waals surface area contributed by atoms with E-state index in [9.17, 15) is 14.4 Å². The molecule has 0 aromatic heterocycles. The Morgan fingerprint density at radius 2 is 1.89 bits per heavy atom. The van der Waals surface area contributed by atoms with E-state index < -0.39 is 23.8 Å². The largest absolute Gasteiger partial charge is 0.481 e. The zero-order valence-corrected chi connectivity index (χ0v) is 10.6.